The van der Waals surface area contributed by atoms with Crippen LogP contribution in [0.5, 0.6) is 0 Å². The standard InChI is InChI=1S/C9H12N4S2/c1-6-5-11-8(14-6)3-4-10-9-12-7(2)13-15-9/h5H,3-4H2,1-2H3,(H,10,12,13). The first-order valence-corrected chi connectivity index (χ1v) is 6.28. The minimum absolute atomic E-state index is 0.826. The maximum atomic E-state index is 4.30. The highest BCUT2D eigenvalue weighted by atomic mass is 32.1. The van der Waals surface area contributed by atoms with Crippen LogP contribution in [0.25, 0.3) is 0 Å². The smallest absolute Gasteiger partial charge is 0.202 e. The summed E-state index contributed by atoms with van der Waals surface area (Å²) in [6.45, 7) is 4.83. The summed E-state index contributed by atoms with van der Waals surface area (Å²) in [4.78, 5) is 9.79. The SMILES string of the molecule is Cc1nsc(NCCc2ncc(C)s2)n1. The Kier molecular flexibility index (Phi) is 3.27. The van der Waals surface area contributed by atoms with Crippen LogP contribution in [-0.4, -0.2) is 20.9 Å². The van der Waals surface area contributed by atoms with Crippen LogP contribution in [0.2, 0.25) is 0 Å². The van der Waals surface area contributed by atoms with Crippen LogP contribution in [-0.2, 0) is 6.42 Å². The summed E-state index contributed by atoms with van der Waals surface area (Å²) >= 11 is 3.15. The second-order valence-electron chi connectivity index (χ2n) is 3.19. The topological polar surface area (TPSA) is 50.7 Å². The van der Waals surface area contributed by atoms with Crippen LogP contribution >= 0.6 is 22.9 Å². The highest BCUT2D eigenvalue weighted by Crippen LogP contribution is 2.13. The zero-order chi connectivity index (χ0) is 10.7. The quantitative estimate of drug-likeness (QED) is 0.890. The second kappa shape index (κ2) is 4.67. The third kappa shape index (κ3) is 2.97. The molecule has 0 aliphatic rings. The summed E-state index contributed by atoms with van der Waals surface area (Å²) in [7, 11) is 0. The summed E-state index contributed by atoms with van der Waals surface area (Å²) < 4.78 is 4.10. The molecule has 1 N–H and O–H groups in total. The molecule has 0 aromatic carbocycles. The predicted molar refractivity (Wildman–Crippen MR) is 63.7 cm³/mol. The van der Waals surface area contributed by atoms with Crippen molar-refractivity contribution >= 4 is 28.0 Å². The van der Waals surface area contributed by atoms with Gasteiger partial charge in [-0.1, -0.05) is 0 Å². The van der Waals surface area contributed by atoms with Crippen molar-refractivity contribution in [3.05, 3.63) is 21.9 Å². The third-order valence-electron chi connectivity index (χ3n) is 1.81. The molecule has 80 valence electrons. The molecule has 2 heterocycles. The molecule has 6 heteroatoms. The van der Waals surface area contributed by atoms with Crippen LogP contribution in [0.3, 0.4) is 0 Å². The molecular weight excluding hydrogens is 228 g/mol. The molecule has 2 rings (SSSR count). The van der Waals surface area contributed by atoms with E-state index in [4.69, 9.17) is 0 Å². The number of nitrogens with zero attached hydrogens (tertiary/aromatic N) is 3. The van der Waals surface area contributed by atoms with E-state index in [9.17, 15) is 0 Å². The molecule has 0 aliphatic heterocycles. The number of hydrogen-bond acceptors (Lipinski definition) is 6. The molecule has 2 aromatic rings. The van der Waals surface area contributed by atoms with Crippen LogP contribution in [0.15, 0.2) is 6.20 Å². The fourth-order valence-corrected chi connectivity index (χ4v) is 2.55. The van der Waals surface area contributed by atoms with Gasteiger partial charge in [-0.2, -0.15) is 4.37 Å². The van der Waals surface area contributed by atoms with Crippen LogP contribution < -0.4 is 5.32 Å². The first-order valence-electron chi connectivity index (χ1n) is 4.69. The Bertz CT molecular complexity index is 395. The van der Waals surface area contributed by atoms with E-state index in [0.29, 0.717) is 0 Å². The Hall–Kier alpha value is -1.01. The molecule has 0 atom stereocenters. The number of anilines is 1. The lowest BCUT2D eigenvalue weighted by Gasteiger charge is -1.98. The van der Waals surface area contributed by atoms with Crippen LogP contribution in [0, 0.1) is 13.8 Å². The van der Waals surface area contributed by atoms with Crippen molar-refractivity contribution in [2.75, 3.05) is 11.9 Å². The zero-order valence-corrected chi connectivity index (χ0v) is 10.3. The summed E-state index contributed by atoms with van der Waals surface area (Å²) in [5.74, 6) is 0.826. The minimum Gasteiger partial charge on any atom is -0.360 e. The first kappa shape index (κ1) is 10.5. The maximum Gasteiger partial charge on any atom is 0.202 e. The van der Waals surface area contributed by atoms with Gasteiger partial charge in [0.15, 0.2) is 0 Å². The number of aromatic nitrogens is 3. The molecule has 0 saturated heterocycles. The monoisotopic (exact) mass is 240 g/mol. The van der Waals surface area contributed by atoms with Gasteiger partial charge >= 0.3 is 0 Å². The number of nitrogens with one attached hydrogen (secondary N) is 1. The summed E-state index contributed by atoms with van der Waals surface area (Å²) in [5, 5.41) is 5.29. The van der Waals surface area contributed by atoms with E-state index in [-0.39, 0.29) is 0 Å². The largest absolute Gasteiger partial charge is 0.360 e. The Morgan fingerprint density at radius 2 is 2.27 bits per heavy atom. The van der Waals surface area contributed by atoms with Crippen molar-refractivity contribution in [1.82, 2.24) is 14.3 Å². The molecule has 4 nitrogen and oxygen atoms in total. The Morgan fingerprint density at radius 1 is 1.40 bits per heavy atom. The minimum atomic E-state index is 0.826. The van der Waals surface area contributed by atoms with Gasteiger partial charge in [0.25, 0.3) is 0 Å². The van der Waals surface area contributed by atoms with E-state index in [1.165, 1.54) is 21.4 Å². The number of rotatable bonds is 4. The van der Waals surface area contributed by atoms with Gasteiger partial charge in [-0.15, -0.1) is 11.3 Å². The lowest BCUT2D eigenvalue weighted by Crippen LogP contribution is -2.04. The molecule has 2 aromatic heterocycles. The van der Waals surface area contributed by atoms with Gasteiger partial charge in [0.1, 0.15) is 5.82 Å². The summed E-state index contributed by atoms with van der Waals surface area (Å²) in [5.41, 5.74) is 0. The van der Waals surface area contributed by atoms with E-state index in [2.05, 4.69) is 26.6 Å². The van der Waals surface area contributed by atoms with Crippen molar-refractivity contribution in [3.8, 4) is 0 Å². The lowest BCUT2D eigenvalue weighted by molar-refractivity contribution is 0.991. The fraction of sp³-hybridized carbons (Fsp3) is 0.444. The van der Waals surface area contributed by atoms with Gasteiger partial charge in [-0.05, 0) is 13.8 Å². The summed E-state index contributed by atoms with van der Waals surface area (Å²) in [6, 6.07) is 0. The van der Waals surface area contributed by atoms with Crippen molar-refractivity contribution in [3.63, 3.8) is 0 Å². The van der Waals surface area contributed by atoms with Crippen molar-refractivity contribution in [2.45, 2.75) is 20.3 Å². The molecule has 0 spiro atoms. The van der Waals surface area contributed by atoms with Gasteiger partial charge < -0.3 is 5.32 Å². The Balaban J connectivity index is 1.80. The van der Waals surface area contributed by atoms with E-state index in [0.717, 1.165) is 23.9 Å². The van der Waals surface area contributed by atoms with E-state index in [1.807, 2.05) is 13.1 Å². The van der Waals surface area contributed by atoms with Crippen LogP contribution in [0.1, 0.15) is 15.7 Å². The molecular formula is C9H12N4S2. The highest BCUT2D eigenvalue weighted by molar-refractivity contribution is 7.11. The van der Waals surface area contributed by atoms with Crippen molar-refractivity contribution in [2.24, 2.45) is 0 Å². The average molecular weight is 240 g/mol. The molecule has 0 aliphatic carbocycles. The van der Waals surface area contributed by atoms with Crippen LogP contribution in [0.4, 0.5) is 5.13 Å². The summed E-state index contributed by atoms with van der Waals surface area (Å²) in [6.07, 6.45) is 2.85. The predicted octanol–water partition coefficient (Wildman–Crippen LogP) is 2.27. The number of aryl methyl sites for hydroxylation is 2. The molecule has 0 saturated carbocycles. The lowest BCUT2D eigenvalue weighted by atomic mass is 10.4. The molecule has 0 fully saturated rings. The van der Waals surface area contributed by atoms with Crippen molar-refractivity contribution in [1.29, 1.82) is 0 Å². The second-order valence-corrected chi connectivity index (χ2v) is 5.26. The number of thiazole rings is 1. The van der Waals surface area contributed by atoms with E-state index in [1.54, 1.807) is 11.3 Å². The molecule has 0 unspecified atom stereocenters. The number of hydrogen-bond donors (Lipinski definition) is 1. The van der Waals surface area contributed by atoms with Gasteiger partial charge in [-0.25, -0.2) is 9.97 Å². The van der Waals surface area contributed by atoms with Gasteiger partial charge in [0, 0.05) is 35.6 Å². The van der Waals surface area contributed by atoms with Gasteiger partial charge in [-0.3, -0.25) is 0 Å². The highest BCUT2D eigenvalue weighted by Gasteiger charge is 2.01. The normalized spacial score (nSPS) is 10.5. The third-order valence-corrected chi connectivity index (χ3v) is 3.55. The van der Waals surface area contributed by atoms with Gasteiger partial charge in [0.05, 0.1) is 5.01 Å². The Labute approximate surface area is 96.6 Å². The Morgan fingerprint density at radius 3 is 2.87 bits per heavy atom. The van der Waals surface area contributed by atoms with Gasteiger partial charge in [0.2, 0.25) is 5.13 Å². The van der Waals surface area contributed by atoms with Crippen molar-refractivity contribution < 1.29 is 0 Å². The zero-order valence-electron chi connectivity index (χ0n) is 8.65. The first-order chi connectivity index (χ1) is 7.24. The fourth-order valence-electron chi connectivity index (χ4n) is 1.16. The molecule has 0 bridgehead atoms. The van der Waals surface area contributed by atoms with E-state index < -0.39 is 0 Å². The average Bonchev–Trinajstić information content (AvgIpc) is 2.76. The molecule has 0 radical (unpaired) electrons. The van der Waals surface area contributed by atoms with E-state index >= 15 is 0 Å². The maximum absolute atomic E-state index is 4.30. The molecule has 15 heavy (non-hydrogen) atoms. The molecule has 0 amide bonds.